The van der Waals surface area contributed by atoms with Gasteiger partial charge in [-0.05, 0) is 11.6 Å². The number of aromatic nitrogens is 2. The Morgan fingerprint density at radius 1 is 1.37 bits per heavy atom. The second kappa shape index (κ2) is 7.30. The maximum absolute atomic E-state index is 12.6. The van der Waals surface area contributed by atoms with Crippen LogP contribution in [0.2, 0.25) is 0 Å². The summed E-state index contributed by atoms with van der Waals surface area (Å²) < 4.78 is 7.67. The Labute approximate surface area is 158 Å². The van der Waals surface area contributed by atoms with E-state index in [2.05, 4.69) is 21.5 Å². The van der Waals surface area contributed by atoms with Gasteiger partial charge in [-0.15, -0.1) is 0 Å². The van der Waals surface area contributed by atoms with Gasteiger partial charge in [-0.3, -0.25) is 14.5 Å². The van der Waals surface area contributed by atoms with Crippen LogP contribution in [0.5, 0.6) is 5.75 Å². The molecule has 0 spiro atoms. The van der Waals surface area contributed by atoms with Gasteiger partial charge in [0.2, 0.25) is 5.91 Å². The van der Waals surface area contributed by atoms with Crippen molar-refractivity contribution >= 4 is 17.6 Å². The zero-order chi connectivity index (χ0) is 18.8. The number of ether oxygens (including phenoxy) is 1. The topological polar surface area (TPSA) is 75.0 Å². The first kappa shape index (κ1) is 17.4. The Balaban J connectivity index is 1.32. The summed E-state index contributed by atoms with van der Waals surface area (Å²) in [7, 11) is 3.59. The van der Waals surface area contributed by atoms with Crippen LogP contribution in [0, 0.1) is 0 Å². The van der Waals surface area contributed by atoms with E-state index in [0.717, 1.165) is 23.8 Å². The van der Waals surface area contributed by atoms with E-state index >= 15 is 0 Å². The molecule has 1 amide bonds. The third-order valence-electron chi connectivity index (χ3n) is 4.94. The molecule has 1 N–H and O–H groups in total. The summed E-state index contributed by atoms with van der Waals surface area (Å²) in [6.07, 6.45) is 4.53. The summed E-state index contributed by atoms with van der Waals surface area (Å²) in [5.41, 5.74) is 2.07. The molecule has 4 rings (SSSR count). The van der Waals surface area contributed by atoms with Gasteiger partial charge in [-0.25, -0.2) is 0 Å². The molecule has 142 valence electrons. The van der Waals surface area contributed by atoms with Crippen molar-refractivity contribution in [1.82, 2.24) is 20.0 Å². The molecule has 2 aliphatic rings. The van der Waals surface area contributed by atoms with Crippen molar-refractivity contribution in [1.29, 1.82) is 0 Å². The molecule has 1 aromatic heterocycles. The van der Waals surface area contributed by atoms with Crippen LogP contribution >= 0.6 is 0 Å². The molecule has 2 aromatic rings. The number of piperazine rings is 1. The number of nitrogens with one attached hydrogen (secondary N) is 1. The molecule has 27 heavy (non-hydrogen) atoms. The van der Waals surface area contributed by atoms with Gasteiger partial charge >= 0.3 is 0 Å². The lowest BCUT2D eigenvalue weighted by Crippen LogP contribution is -2.56. The number of carbonyl (C=O) groups excluding carboxylic acids is 1. The van der Waals surface area contributed by atoms with E-state index in [9.17, 15) is 4.79 Å². The Kier molecular flexibility index (Phi) is 4.70. The zero-order valence-corrected chi connectivity index (χ0v) is 15.6. The van der Waals surface area contributed by atoms with Crippen LogP contribution in [-0.4, -0.2) is 65.9 Å². The number of carbonyl (C=O) groups is 1. The summed E-state index contributed by atoms with van der Waals surface area (Å²) in [4.78, 5) is 20.7. The highest BCUT2D eigenvalue weighted by molar-refractivity contribution is 5.98. The van der Waals surface area contributed by atoms with Gasteiger partial charge in [-0.1, -0.05) is 18.2 Å². The number of amides is 1. The predicted molar refractivity (Wildman–Crippen MR) is 103 cm³/mol. The zero-order valence-electron chi connectivity index (χ0n) is 15.6. The summed E-state index contributed by atoms with van der Waals surface area (Å²) in [6, 6.07) is 8.12. The molecule has 8 heteroatoms. The molecule has 8 nitrogen and oxygen atoms in total. The van der Waals surface area contributed by atoms with E-state index in [0.29, 0.717) is 26.2 Å². The second-order valence-corrected chi connectivity index (χ2v) is 6.82. The van der Waals surface area contributed by atoms with E-state index in [1.165, 1.54) is 5.56 Å². The minimum Gasteiger partial charge on any atom is -0.488 e. The van der Waals surface area contributed by atoms with Gasteiger partial charge in [-0.2, -0.15) is 5.10 Å². The van der Waals surface area contributed by atoms with Crippen LogP contribution in [-0.2, 0) is 18.3 Å². The van der Waals surface area contributed by atoms with E-state index < -0.39 is 0 Å². The lowest BCUT2D eigenvalue weighted by molar-refractivity contribution is -0.120. The number of para-hydroxylation sites is 1. The van der Waals surface area contributed by atoms with Crippen LogP contribution in [0.3, 0.4) is 0 Å². The van der Waals surface area contributed by atoms with Crippen molar-refractivity contribution in [2.75, 3.05) is 38.1 Å². The molecule has 1 fully saturated rings. The van der Waals surface area contributed by atoms with Crippen molar-refractivity contribution in [2.45, 2.75) is 12.5 Å². The predicted octanol–water partition coefficient (Wildman–Crippen LogP) is 0.648. The molecular formula is C19H24N6O2. The average molecular weight is 368 g/mol. The van der Waals surface area contributed by atoms with Gasteiger partial charge < -0.3 is 19.9 Å². The summed E-state index contributed by atoms with van der Waals surface area (Å²) in [5, 5.41) is 7.51. The normalized spacial score (nSPS) is 19.9. The fourth-order valence-corrected chi connectivity index (χ4v) is 3.58. The van der Waals surface area contributed by atoms with Gasteiger partial charge in [0.1, 0.15) is 18.4 Å². The molecular weight excluding hydrogens is 344 g/mol. The van der Waals surface area contributed by atoms with Crippen LogP contribution in [0.15, 0.2) is 41.7 Å². The standard InChI is InChI=1S/C19H24N6O2/c1-20-19(21-11-16-9-14-5-3-4-6-17(14)27-16)24-7-8-25(18(26)13-24)15-10-22-23(2)12-15/h3-6,10,12,16H,7-9,11,13H2,1-2H3,(H,20,21). The molecule has 0 bridgehead atoms. The van der Waals surface area contributed by atoms with Gasteiger partial charge in [0.25, 0.3) is 0 Å². The lowest BCUT2D eigenvalue weighted by atomic mass is 10.1. The van der Waals surface area contributed by atoms with Crippen LogP contribution in [0.25, 0.3) is 0 Å². The third-order valence-corrected chi connectivity index (χ3v) is 4.94. The fraction of sp³-hybridized carbons (Fsp3) is 0.421. The first-order valence-electron chi connectivity index (χ1n) is 9.13. The largest absolute Gasteiger partial charge is 0.488 e. The van der Waals surface area contributed by atoms with Crippen molar-refractivity contribution in [3.63, 3.8) is 0 Å². The highest BCUT2D eigenvalue weighted by atomic mass is 16.5. The monoisotopic (exact) mass is 368 g/mol. The van der Waals surface area contributed by atoms with E-state index in [4.69, 9.17) is 4.74 Å². The number of aryl methyl sites for hydroxylation is 1. The van der Waals surface area contributed by atoms with Gasteiger partial charge in [0.15, 0.2) is 5.96 Å². The smallest absolute Gasteiger partial charge is 0.246 e. The number of hydrogen-bond donors (Lipinski definition) is 1. The van der Waals surface area contributed by atoms with Crippen LogP contribution in [0.1, 0.15) is 5.56 Å². The van der Waals surface area contributed by atoms with Crippen molar-refractivity contribution < 1.29 is 9.53 Å². The number of guanidine groups is 1. The number of hydrogen-bond acceptors (Lipinski definition) is 4. The quantitative estimate of drug-likeness (QED) is 0.636. The minimum absolute atomic E-state index is 0.0433. The van der Waals surface area contributed by atoms with Gasteiger partial charge in [0.05, 0.1) is 18.4 Å². The molecule has 0 saturated carbocycles. The SMILES string of the molecule is CN=C(NCC1Cc2ccccc2O1)N1CCN(c2cnn(C)c2)C(=O)C1. The number of benzene rings is 1. The summed E-state index contributed by atoms with van der Waals surface area (Å²) in [6.45, 7) is 2.27. The lowest BCUT2D eigenvalue weighted by Gasteiger charge is -2.35. The molecule has 2 aliphatic heterocycles. The molecule has 0 aliphatic carbocycles. The maximum Gasteiger partial charge on any atom is 0.246 e. The average Bonchev–Trinajstić information content (AvgIpc) is 3.28. The second-order valence-electron chi connectivity index (χ2n) is 6.82. The Morgan fingerprint density at radius 3 is 2.93 bits per heavy atom. The molecule has 1 unspecified atom stereocenters. The Morgan fingerprint density at radius 2 is 2.22 bits per heavy atom. The third kappa shape index (κ3) is 3.60. The molecule has 1 saturated heterocycles. The highest BCUT2D eigenvalue weighted by Gasteiger charge is 2.28. The fourth-order valence-electron chi connectivity index (χ4n) is 3.58. The highest BCUT2D eigenvalue weighted by Crippen LogP contribution is 2.27. The van der Waals surface area contributed by atoms with Crippen molar-refractivity contribution in [3.8, 4) is 5.75 Å². The van der Waals surface area contributed by atoms with E-state index in [-0.39, 0.29) is 12.0 Å². The first-order chi connectivity index (χ1) is 13.1. The van der Waals surface area contributed by atoms with Crippen molar-refractivity contribution in [3.05, 3.63) is 42.2 Å². The molecule has 1 atom stereocenters. The number of fused-ring (bicyclic) bond motifs is 1. The number of anilines is 1. The number of rotatable bonds is 3. The first-order valence-corrected chi connectivity index (χ1v) is 9.13. The number of nitrogens with zero attached hydrogens (tertiary/aromatic N) is 5. The molecule has 0 radical (unpaired) electrons. The number of aliphatic imine (C=N–C) groups is 1. The van der Waals surface area contributed by atoms with Gasteiger partial charge in [0, 0.05) is 39.8 Å². The maximum atomic E-state index is 12.6. The summed E-state index contributed by atoms with van der Waals surface area (Å²) >= 11 is 0. The Bertz CT molecular complexity index is 836. The van der Waals surface area contributed by atoms with Crippen molar-refractivity contribution in [2.24, 2.45) is 12.0 Å². The van der Waals surface area contributed by atoms with E-state index in [1.807, 2.05) is 36.3 Å². The Hall–Kier alpha value is -3.03. The minimum atomic E-state index is 0.0433. The summed E-state index contributed by atoms with van der Waals surface area (Å²) in [5.74, 6) is 1.73. The van der Waals surface area contributed by atoms with Crippen LogP contribution < -0.4 is 15.0 Å². The van der Waals surface area contributed by atoms with E-state index in [1.54, 1.807) is 22.8 Å². The molecule has 3 heterocycles. The van der Waals surface area contributed by atoms with Crippen LogP contribution in [0.4, 0.5) is 5.69 Å². The molecule has 1 aromatic carbocycles.